The smallest absolute Gasteiger partial charge is 0.132 e. The van der Waals surface area contributed by atoms with Gasteiger partial charge in [0, 0.05) is 23.5 Å². The lowest BCUT2D eigenvalue weighted by molar-refractivity contribution is 0.472. The first-order chi connectivity index (χ1) is 22.8. The first kappa shape index (κ1) is 30.2. The molecule has 234 valence electrons. The summed E-state index contributed by atoms with van der Waals surface area (Å²) in [6, 6.07) is 42.6. The van der Waals surface area contributed by atoms with E-state index < -0.39 is 5.41 Å². The van der Waals surface area contributed by atoms with E-state index in [2.05, 4.69) is 113 Å². The Bertz CT molecular complexity index is 1980. The second-order valence-corrected chi connectivity index (χ2v) is 12.4. The Morgan fingerprint density at radius 1 is 0.489 bits per heavy atom. The van der Waals surface area contributed by atoms with Crippen LogP contribution in [0.3, 0.4) is 0 Å². The zero-order valence-corrected chi connectivity index (χ0v) is 27.4. The van der Waals surface area contributed by atoms with Gasteiger partial charge in [-0.15, -0.1) is 0 Å². The molecule has 1 aliphatic rings. The predicted molar refractivity (Wildman–Crippen MR) is 194 cm³/mol. The van der Waals surface area contributed by atoms with Gasteiger partial charge in [0.1, 0.15) is 23.0 Å². The highest BCUT2D eigenvalue weighted by atomic mass is 16.5. The van der Waals surface area contributed by atoms with Crippen LogP contribution in [0.4, 0.5) is 11.4 Å². The summed E-state index contributed by atoms with van der Waals surface area (Å²) in [5, 5.41) is 0. The van der Waals surface area contributed by atoms with Crippen molar-refractivity contribution in [1.82, 2.24) is 0 Å². The molecule has 6 aromatic rings. The lowest BCUT2D eigenvalue weighted by Gasteiger charge is -2.34. The standard InChI is InChI=1S/C43H40N2O2/c1-5-29-15-19-33(44)25-41(29)46-39-21-17-31(23-27(39)3)43(37-13-9-7-11-35(37)36-12-8-10-14-38(36)43)32-18-22-40(28(4)24-32)47-42-26-34(45)20-16-30(42)6-2/h7-26H,5-6,44-45H2,1-4H3. The van der Waals surface area contributed by atoms with Crippen molar-refractivity contribution in [2.45, 2.75) is 46.0 Å². The molecule has 0 atom stereocenters. The number of anilines is 2. The van der Waals surface area contributed by atoms with Gasteiger partial charge in [-0.05, 0) is 107 Å². The first-order valence-electron chi connectivity index (χ1n) is 16.4. The normalized spacial score (nSPS) is 12.8. The minimum Gasteiger partial charge on any atom is -0.457 e. The minimum atomic E-state index is -0.544. The zero-order valence-electron chi connectivity index (χ0n) is 27.4. The molecule has 0 saturated heterocycles. The number of rotatable bonds is 8. The fraction of sp³-hybridized carbons (Fsp3) is 0.163. The first-order valence-corrected chi connectivity index (χ1v) is 16.4. The maximum absolute atomic E-state index is 6.52. The molecule has 4 heteroatoms. The van der Waals surface area contributed by atoms with Crippen LogP contribution in [0, 0.1) is 13.8 Å². The third kappa shape index (κ3) is 5.11. The second-order valence-electron chi connectivity index (χ2n) is 12.4. The Morgan fingerprint density at radius 2 is 0.915 bits per heavy atom. The maximum atomic E-state index is 6.52. The Hall–Kier alpha value is -5.48. The molecule has 0 fully saturated rings. The van der Waals surface area contributed by atoms with Crippen LogP contribution < -0.4 is 20.9 Å². The summed E-state index contributed by atoms with van der Waals surface area (Å²) in [6.45, 7) is 8.50. The van der Waals surface area contributed by atoms with E-state index >= 15 is 0 Å². The number of fused-ring (bicyclic) bond motifs is 3. The Balaban J connectivity index is 1.39. The monoisotopic (exact) mass is 616 g/mol. The van der Waals surface area contributed by atoms with Gasteiger partial charge >= 0.3 is 0 Å². The summed E-state index contributed by atoms with van der Waals surface area (Å²) in [4.78, 5) is 0. The topological polar surface area (TPSA) is 70.5 Å². The molecule has 7 rings (SSSR count). The fourth-order valence-electron chi connectivity index (χ4n) is 7.17. The van der Waals surface area contributed by atoms with Crippen LogP contribution >= 0.6 is 0 Å². The number of ether oxygens (including phenoxy) is 2. The molecule has 0 aromatic heterocycles. The van der Waals surface area contributed by atoms with Crippen LogP contribution in [0.5, 0.6) is 23.0 Å². The van der Waals surface area contributed by atoms with Gasteiger partial charge in [-0.2, -0.15) is 0 Å². The summed E-state index contributed by atoms with van der Waals surface area (Å²) >= 11 is 0. The van der Waals surface area contributed by atoms with E-state index in [4.69, 9.17) is 20.9 Å². The Morgan fingerprint density at radius 3 is 1.32 bits per heavy atom. The van der Waals surface area contributed by atoms with Crippen molar-refractivity contribution in [2.75, 3.05) is 11.5 Å². The van der Waals surface area contributed by atoms with Crippen molar-refractivity contribution >= 4 is 11.4 Å². The Labute approximate surface area is 277 Å². The lowest BCUT2D eigenvalue weighted by atomic mass is 9.67. The predicted octanol–water partition coefficient (Wildman–Crippen LogP) is 10.5. The van der Waals surface area contributed by atoms with Gasteiger partial charge < -0.3 is 20.9 Å². The van der Waals surface area contributed by atoms with Gasteiger partial charge in [-0.25, -0.2) is 0 Å². The van der Waals surface area contributed by atoms with E-state index in [1.807, 2.05) is 36.4 Å². The van der Waals surface area contributed by atoms with Crippen LogP contribution in [-0.4, -0.2) is 0 Å². The molecule has 0 spiro atoms. The van der Waals surface area contributed by atoms with Crippen molar-refractivity contribution in [3.05, 3.63) is 166 Å². The highest BCUT2D eigenvalue weighted by Crippen LogP contribution is 2.56. The van der Waals surface area contributed by atoms with E-state index in [-0.39, 0.29) is 0 Å². The molecule has 0 unspecified atom stereocenters. The van der Waals surface area contributed by atoms with E-state index in [0.29, 0.717) is 11.4 Å². The average molecular weight is 617 g/mol. The summed E-state index contributed by atoms with van der Waals surface area (Å²) in [6.07, 6.45) is 1.72. The fourth-order valence-corrected chi connectivity index (χ4v) is 7.17. The number of benzene rings is 6. The van der Waals surface area contributed by atoms with Gasteiger partial charge in [-0.3, -0.25) is 0 Å². The Kier molecular flexibility index (Phi) is 7.73. The number of hydrogen-bond acceptors (Lipinski definition) is 4. The van der Waals surface area contributed by atoms with Crippen molar-refractivity contribution < 1.29 is 9.47 Å². The number of nitrogen functional groups attached to an aromatic ring is 2. The summed E-state index contributed by atoms with van der Waals surface area (Å²) in [5.74, 6) is 3.23. The second kappa shape index (κ2) is 12.0. The molecule has 0 aliphatic heterocycles. The molecular formula is C43H40N2O2. The van der Waals surface area contributed by atoms with E-state index in [1.165, 1.54) is 33.4 Å². The molecule has 0 heterocycles. The SMILES string of the molecule is CCc1ccc(N)cc1Oc1ccc(C2(c3ccc(Oc4cc(N)ccc4CC)c(C)c3)c3ccccc3-c3ccccc32)cc1C. The van der Waals surface area contributed by atoms with Crippen LogP contribution in [0.25, 0.3) is 11.1 Å². The molecule has 4 nitrogen and oxygen atoms in total. The van der Waals surface area contributed by atoms with E-state index in [9.17, 15) is 0 Å². The van der Waals surface area contributed by atoms with Crippen molar-refractivity contribution in [3.8, 4) is 34.1 Å². The molecular weight excluding hydrogens is 576 g/mol. The van der Waals surface area contributed by atoms with Crippen LogP contribution in [0.1, 0.15) is 58.4 Å². The van der Waals surface area contributed by atoms with E-state index in [1.54, 1.807) is 0 Å². The number of aryl methyl sites for hydroxylation is 4. The average Bonchev–Trinajstić information content (AvgIpc) is 3.38. The quantitative estimate of drug-likeness (QED) is 0.167. The van der Waals surface area contributed by atoms with Gasteiger partial charge in [-0.1, -0.05) is 98.8 Å². The molecule has 0 bridgehead atoms. The zero-order chi connectivity index (χ0) is 32.7. The lowest BCUT2D eigenvalue weighted by Crippen LogP contribution is -2.28. The molecule has 6 aromatic carbocycles. The molecule has 0 saturated carbocycles. The molecule has 0 amide bonds. The van der Waals surface area contributed by atoms with Gasteiger partial charge in [0.25, 0.3) is 0 Å². The van der Waals surface area contributed by atoms with Gasteiger partial charge in [0.05, 0.1) is 5.41 Å². The van der Waals surface area contributed by atoms with Crippen LogP contribution in [0.2, 0.25) is 0 Å². The van der Waals surface area contributed by atoms with Crippen LogP contribution in [-0.2, 0) is 18.3 Å². The molecule has 4 N–H and O–H groups in total. The largest absolute Gasteiger partial charge is 0.457 e. The highest BCUT2D eigenvalue weighted by molar-refractivity contribution is 5.86. The third-order valence-corrected chi connectivity index (χ3v) is 9.55. The van der Waals surface area contributed by atoms with E-state index in [0.717, 1.165) is 58.1 Å². The molecule has 1 aliphatic carbocycles. The summed E-state index contributed by atoms with van der Waals surface area (Å²) < 4.78 is 13.0. The van der Waals surface area contributed by atoms with Crippen LogP contribution in [0.15, 0.2) is 121 Å². The number of nitrogens with two attached hydrogens (primary N) is 2. The number of hydrogen-bond donors (Lipinski definition) is 2. The van der Waals surface area contributed by atoms with Crippen molar-refractivity contribution in [1.29, 1.82) is 0 Å². The highest BCUT2D eigenvalue weighted by Gasteiger charge is 2.46. The molecule has 47 heavy (non-hydrogen) atoms. The molecule has 0 radical (unpaired) electrons. The van der Waals surface area contributed by atoms with Gasteiger partial charge in [0.2, 0.25) is 0 Å². The summed E-state index contributed by atoms with van der Waals surface area (Å²) in [7, 11) is 0. The third-order valence-electron chi connectivity index (χ3n) is 9.55. The van der Waals surface area contributed by atoms with Crippen molar-refractivity contribution in [2.24, 2.45) is 0 Å². The van der Waals surface area contributed by atoms with Crippen molar-refractivity contribution in [3.63, 3.8) is 0 Å². The summed E-state index contributed by atoms with van der Waals surface area (Å²) in [5.41, 5.74) is 24.9. The van der Waals surface area contributed by atoms with Gasteiger partial charge in [0.15, 0.2) is 0 Å². The minimum absolute atomic E-state index is 0.544. The maximum Gasteiger partial charge on any atom is 0.132 e.